The molecule has 0 bridgehead atoms. The van der Waals surface area contributed by atoms with Gasteiger partial charge in [-0.15, -0.1) is 11.8 Å². The summed E-state index contributed by atoms with van der Waals surface area (Å²) in [6, 6.07) is 0. The Labute approximate surface area is 109 Å². The summed E-state index contributed by atoms with van der Waals surface area (Å²) in [4.78, 5) is 12.1. The van der Waals surface area contributed by atoms with Gasteiger partial charge in [0.15, 0.2) is 0 Å². The highest BCUT2D eigenvalue weighted by Crippen LogP contribution is 2.36. The standard InChI is InChI=1S/C12H12ClN3S/c13-11-4-9(7-17-11)12-15-6-10(16-12)8-2-1-3-14-5-8/h1-4,6,8-9H,5,7H2,(H,15,16). The van der Waals surface area contributed by atoms with Crippen molar-refractivity contribution in [1.82, 2.24) is 9.97 Å². The molecule has 0 radical (unpaired) electrons. The molecule has 2 aliphatic heterocycles. The van der Waals surface area contributed by atoms with Crippen molar-refractivity contribution in [1.29, 1.82) is 0 Å². The van der Waals surface area contributed by atoms with E-state index in [-0.39, 0.29) is 0 Å². The highest BCUT2D eigenvalue weighted by Gasteiger charge is 2.21. The SMILES string of the molecule is ClC1=CC(c2ncc(C3C=CC=NC3)[nH]2)CS1. The predicted octanol–water partition coefficient (Wildman–Crippen LogP) is 3.04. The van der Waals surface area contributed by atoms with Crippen LogP contribution in [0.2, 0.25) is 0 Å². The van der Waals surface area contributed by atoms with E-state index in [2.05, 4.69) is 27.1 Å². The molecule has 0 amide bonds. The maximum Gasteiger partial charge on any atom is 0.114 e. The van der Waals surface area contributed by atoms with Crippen LogP contribution in [0.1, 0.15) is 23.4 Å². The molecule has 5 heteroatoms. The number of hydrogen-bond donors (Lipinski definition) is 1. The summed E-state index contributed by atoms with van der Waals surface area (Å²) < 4.78 is 0.870. The molecule has 0 saturated carbocycles. The molecule has 0 saturated heterocycles. The van der Waals surface area contributed by atoms with Gasteiger partial charge in [-0.05, 0) is 12.2 Å². The summed E-state index contributed by atoms with van der Waals surface area (Å²) in [6.45, 7) is 0.800. The largest absolute Gasteiger partial charge is 0.345 e. The predicted molar refractivity (Wildman–Crippen MR) is 73.0 cm³/mol. The first-order chi connectivity index (χ1) is 8.33. The van der Waals surface area contributed by atoms with Gasteiger partial charge in [0, 0.05) is 35.7 Å². The molecule has 2 aliphatic rings. The maximum atomic E-state index is 5.96. The second kappa shape index (κ2) is 4.70. The molecule has 17 heavy (non-hydrogen) atoms. The summed E-state index contributed by atoms with van der Waals surface area (Å²) in [7, 11) is 0. The first kappa shape index (κ1) is 11.1. The van der Waals surface area contributed by atoms with Gasteiger partial charge < -0.3 is 4.98 Å². The molecule has 2 atom stereocenters. The first-order valence-corrected chi connectivity index (χ1v) is 6.91. The Balaban J connectivity index is 1.78. The number of imidazole rings is 1. The number of nitrogens with one attached hydrogen (secondary N) is 1. The van der Waals surface area contributed by atoms with Crippen LogP contribution in [-0.2, 0) is 0 Å². The average molecular weight is 266 g/mol. The lowest BCUT2D eigenvalue weighted by Crippen LogP contribution is -2.04. The molecule has 0 spiro atoms. The minimum atomic E-state index is 0.317. The van der Waals surface area contributed by atoms with Crippen LogP contribution < -0.4 is 0 Å². The van der Waals surface area contributed by atoms with Crippen LogP contribution in [0, 0.1) is 0 Å². The molecule has 0 aliphatic carbocycles. The smallest absolute Gasteiger partial charge is 0.114 e. The lowest BCUT2D eigenvalue weighted by atomic mass is 10.0. The fourth-order valence-corrected chi connectivity index (χ4v) is 3.19. The molecule has 3 nitrogen and oxygen atoms in total. The number of aromatic nitrogens is 2. The van der Waals surface area contributed by atoms with Crippen molar-refractivity contribution >= 4 is 29.6 Å². The van der Waals surface area contributed by atoms with Crippen LogP contribution in [-0.4, -0.2) is 28.5 Å². The van der Waals surface area contributed by atoms with Crippen LogP contribution in [0.5, 0.6) is 0 Å². The van der Waals surface area contributed by atoms with E-state index in [1.54, 1.807) is 11.8 Å². The van der Waals surface area contributed by atoms with E-state index in [9.17, 15) is 0 Å². The summed E-state index contributed by atoms with van der Waals surface area (Å²) in [5.74, 6) is 2.63. The van der Waals surface area contributed by atoms with E-state index < -0.39 is 0 Å². The number of halogens is 1. The van der Waals surface area contributed by atoms with Gasteiger partial charge in [-0.3, -0.25) is 4.99 Å². The molecule has 3 heterocycles. The third kappa shape index (κ3) is 2.33. The van der Waals surface area contributed by atoms with E-state index in [1.807, 2.05) is 18.5 Å². The lowest BCUT2D eigenvalue weighted by molar-refractivity contribution is 0.804. The third-order valence-corrected chi connectivity index (χ3v) is 4.33. The minimum Gasteiger partial charge on any atom is -0.345 e. The van der Waals surface area contributed by atoms with Gasteiger partial charge in [-0.2, -0.15) is 0 Å². The monoisotopic (exact) mass is 265 g/mol. The van der Waals surface area contributed by atoms with Gasteiger partial charge in [0.25, 0.3) is 0 Å². The van der Waals surface area contributed by atoms with E-state index in [1.165, 1.54) is 0 Å². The number of dihydropyridines is 1. The zero-order valence-corrected chi connectivity index (χ0v) is 10.7. The topological polar surface area (TPSA) is 41.0 Å². The second-order valence-electron chi connectivity index (χ2n) is 4.12. The fraction of sp³-hybridized carbons (Fsp3) is 0.333. The highest BCUT2D eigenvalue weighted by molar-refractivity contribution is 8.04. The van der Waals surface area contributed by atoms with Crippen LogP contribution in [0.3, 0.4) is 0 Å². The number of rotatable bonds is 2. The molecule has 1 aromatic rings. The van der Waals surface area contributed by atoms with E-state index in [0.717, 1.165) is 28.2 Å². The lowest BCUT2D eigenvalue weighted by Gasteiger charge is -2.10. The van der Waals surface area contributed by atoms with Gasteiger partial charge in [-0.1, -0.05) is 17.7 Å². The molecular weight excluding hydrogens is 254 g/mol. The van der Waals surface area contributed by atoms with Crippen molar-refractivity contribution in [3.63, 3.8) is 0 Å². The van der Waals surface area contributed by atoms with Crippen LogP contribution in [0.25, 0.3) is 0 Å². The number of nitrogens with zero attached hydrogens (tertiary/aromatic N) is 2. The van der Waals surface area contributed by atoms with Crippen molar-refractivity contribution < 1.29 is 0 Å². The Hall–Kier alpha value is -1.00. The number of thioether (sulfide) groups is 1. The van der Waals surface area contributed by atoms with Crippen LogP contribution >= 0.6 is 23.4 Å². The van der Waals surface area contributed by atoms with E-state index in [0.29, 0.717) is 11.8 Å². The molecular formula is C12H12ClN3S. The third-order valence-electron chi connectivity index (χ3n) is 2.94. The highest BCUT2D eigenvalue weighted by atomic mass is 35.5. The van der Waals surface area contributed by atoms with E-state index in [4.69, 9.17) is 11.6 Å². The second-order valence-corrected chi connectivity index (χ2v) is 5.81. The number of allylic oxidation sites excluding steroid dienone is 2. The zero-order valence-electron chi connectivity index (χ0n) is 9.14. The Morgan fingerprint density at radius 1 is 1.41 bits per heavy atom. The molecule has 3 rings (SSSR count). The first-order valence-electron chi connectivity index (χ1n) is 5.54. The zero-order chi connectivity index (χ0) is 11.7. The Kier molecular flexibility index (Phi) is 3.07. The Bertz CT molecular complexity index is 487. The summed E-state index contributed by atoms with van der Waals surface area (Å²) in [6.07, 6.45) is 9.94. The molecule has 0 fully saturated rings. The van der Waals surface area contributed by atoms with Crippen LogP contribution in [0.15, 0.2) is 33.8 Å². The Morgan fingerprint density at radius 2 is 2.35 bits per heavy atom. The normalized spacial score (nSPS) is 27.5. The van der Waals surface area contributed by atoms with Crippen molar-refractivity contribution in [2.24, 2.45) is 4.99 Å². The maximum absolute atomic E-state index is 5.96. The minimum absolute atomic E-state index is 0.317. The van der Waals surface area contributed by atoms with Gasteiger partial charge in [0.1, 0.15) is 5.82 Å². The van der Waals surface area contributed by atoms with Crippen LogP contribution in [0.4, 0.5) is 0 Å². The van der Waals surface area contributed by atoms with E-state index >= 15 is 0 Å². The molecule has 1 aromatic heterocycles. The Morgan fingerprint density at radius 3 is 3.06 bits per heavy atom. The number of aromatic amines is 1. The summed E-state index contributed by atoms with van der Waals surface area (Å²) >= 11 is 7.64. The van der Waals surface area contributed by atoms with Gasteiger partial charge >= 0.3 is 0 Å². The molecule has 0 aromatic carbocycles. The van der Waals surface area contributed by atoms with Crippen molar-refractivity contribution in [3.8, 4) is 0 Å². The fourth-order valence-electron chi connectivity index (χ4n) is 1.99. The van der Waals surface area contributed by atoms with Crippen molar-refractivity contribution in [3.05, 3.63) is 40.3 Å². The van der Waals surface area contributed by atoms with Crippen molar-refractivity contribution in [2.45, 2.75) is 11.8 Å². The van der Waals surface area contributed by atoms with Gasteiger partial charge in [0.05, 0.1) is 10.9 Å². The molecule has 2 unspecified atom stereocenters. The number of aliphatic imine (C=N–C) groups is 1. The summed E-state index contributed by atoms with van der Waals surface area (Å²) in [5, 5.41) is 0. The number of H-pyrrole nitrogens is 1. The molecule has 1 N–H and O–H groups in total. The summed E-state index contributed by atoms with van der Waals surface area (Å²) in [5.41, 5.74) is 1.13. The van der Waals surface area contributed by atoms with Gasteiger partial charge in [0.2, 0.25) is 0 Å². The van der Waals surface area contributed by atoms with Crippen molar-refractivity contribution in [2.75, 3.05) is 12.3 Å². The van der Waals surface area contributed by atoms with Gasteiger partial charge in [-0.25, -0.2) is 4.98 Å². The number of hydrogen-bond acceptors (Lipinski definition) is 3. The molecule has 88 valence electrons. The average Bonchev–Trinajstić information content (AvgIpc) is 2.98. The quantitative estimate of drug-likeness (QED) is 0.893.